The van der Waals surface area contributed by atoms with E-state index in [1.807, 2.05) is 48.5 Å². The van der Waals surface area contributed by atoms with Crippen LogP contribution in [0, 0.1) is 5.92 Å². The highest BCUT2D eigenvalue weighted by Crippen LogP contribution is 2.28. The van der Waals surface area contributed by atoms with E-state index < -0.39 is 6.67 Å². The van der Waals surface area contributed by atoms with Crippen LogP contribution in [0.15, 0.2) is 54.6 Å². The molecule has 2 aromatic rings. The van der Waals surface area contributed by atoms with Gasteiger partial charge in [-0.3, -0.25) is 0 Å². The van der Waals surface area contributed by atoms with Crippen molar-refractivity contribution in [1.82, 2.24) is 0 Å². The van der Waals surface area contributed by atoms with Crippen LogP contribution in [0.3, 0.4) is 0 Å². The number of rotatable bonds is 9. The van der Waals surface area contributed by atoms with Gasteiger partial charge in [-0.1, -0.05) is 44.2 Å². The van der Waals surface area contributed by atoms with Crippen LogP contribution in [-0.4, -0.2) is 27.2 Å². The lowest BCUT2D eigenvalue weighted by Gasteiger charge is -2.13. The highest BCUT2D eigenvalue weighted by molar-refractivity contribution is 5.80. The lowest BCUT2D eigenvalue weighted by Crippen LogP contribution is -1.99. The Labute approximate surface area is 149 Å². The first-order valence-corrected chi connectivity index (χ1v) is 8.37. The molecular weight excluding hydrogens is 319 g/mol. The van der Waals surface area contributed by atoms with Crippen LogP contribution in [0.2, 0.25) is 0 Å². The van der Waals surface area contributed by atoms with Gasteiger partial charge in [-0.05, 0) is 46.9 Å². The molecule has 2 rings (SSSR count). The lowest BCUT2D eigenvalue weighted by atomic mass is 9.94. The van der Waals surface area contributed by atoms with Crippen LogP contribution < -0.4 is 9.47 Å². The molecule has 0 aliphatic heterocycles. The topological polar surface area (TPSA) is 27.7 Å². The summed E-state index contributed by atoms with van der Waals surface area (Å²) in [6, 6.07) is 15.7. The fourth-order valence-corrected chi connectivity index (χ4v) is 2.44. The molecular formula is C21H25FO3. The Morgan fingerprint density at radius 2 is 1.44 bits per heavy atom. The lowest BCUT2D eigenvalue weighted by molar-refractivity contribution is 0.0511. The number of benzene rings is 2. The fourth-order valence-electron chi connectivity index (χ4n) is 2.44. The van der Waals surface area contributed by atoms with Gasteiger partial charge in [-0.15, -0.1) is 0 Å². The maximum Gasteiger partial charge on any atom is 0.188 e. The summed E-state index contributed by atoms with van der Waals surface area (Å²) in [5.41, 5.74) is 3.34. The van der Waals surface area contributed by atoms with E-state index in [1.165, 1.54) is 0 Å². The van der Waals surface area contributed by atoms with Gasteiger partial charge in [0.2, 0.25) is 0 Å². The molecule has 0 unspecified atom stereocenters. The van der Waals surface area contributed by atoms with E-state index in [4.69, 9.17) is 14.2 Å². The minimum absolute atomic E-state index is 0.0803. The van der Waals surface area contributed by atoms with Crippen LogP contribution in [0.25, 0.3) is 5.57 Å². The Morgan fingerprint density at radius 1 is 0.920 bits per heavy atom. The Kier molecular flexibility index (Phi) is 7.48. The number of allylic oxidation sites excluding steroid dienone is 1. The number of ether oxygens (including phenoxy) is 3. The van der Waals surface area contributed by atoms with Crippen LogP contribution in [0.1, 0.15) is 25.0 Å². The molecule has 0 radical (unpaired) electrons. The first-order chi connectivity index (χ1) is 12.1. The molecule has 25 heavy (non-hydrogen) atoms. The van der Waals surface area contributed by atoms with Gasteiger partial charge >= 0.3 is 0 Å². The molecule has 3 nitrogen and oxygen atoms in total. The minimum Gasteiger partial charge on any atom is -0.491 e. The third-order valence-electron chi connectivity index (χ3n) is 3.52. The van der Waals surface area contributed by atoms with E-state index in [9.17, 15) is 4.39 Å². The van der Waals surface area contributed by atoms with E-state index in [0.29, 0.717) is 11.7 Å². The van der Waals surface area contributed by atoms with Gasteiger partial charge in [-0.2, -0.15) is 0 Å². The van der Waals surface area contributed by atoms with Crippen molar-refractivity contribution in [3.63, 3.8) is 0 Å². The zero-order chi connectivity index (χ0) is 18.1. The zero-order valence-corrected chi connectivity index (χ0v) is 15.0. The molecule has 4 heteroatoms. The number of hydrogen-bond donors (Lipinski definition) is 0. The monoisotopic (exact) mass is 344 g/mol. The largest absolute Gasteiger partial charge is 0.491 e. The second kappa shape index (κ2) is 9.84. The molecule has 0 spiro atoms. The first-order valence-electron chi connectivity index (χ1n) is 8.37. The average Bonchev–Trinajstić information content (AvgIpc) is 2.63. The molecule has 0 aromatic heterocycles. The SMILES string of the molecule is COCOc1ccc(/C(=C\C(C)C)c2ccc(OCCF)cc2)cc1. The summed E-state index contributed by atoms with van der Waals surface area (Å²) < 4.78 is 27.9. The Morgan fingerprint density at radius 3 is 1.88 bits per heavy atom. The summed E-state index contributed by atoms with van der Waals surface area (Å²) in [6.07, 6.45) is 2.22. The van der Waals surface area contributed by atoms with Gasteiger partial charge in [-0.25, -0.2) is 4.39 Å². The van der Waals surface area contributed by atoms with Crippen molar-refractivity contribution < 1.29 is 18.6 Å². The van der Waals surface area contributed by atoms with Gasteiger partial charge in [0.25, 0.3) is 0 Å². The number of hydrogen-bond acceptors (Lipinski definition) is 3. The average molecular weight is 344 g/mol. The molecule has 134 valence electrons. The molecule has 0 saturated heterocycles. The standard InChI is InChI=1S/C21H25FO3/c1-16(2)14-21(17-4-8-19(9-5-17)24-13-12-22)18-6-10-20(11-7-18)25-15-23-3/h4-11,14,16H,12-13,15H2,1-3H3/b21-14-. The maximum atomic E-state index is 12.2. The van der Waals surface area contributed by atoms with Crippen LogP contribution in [0.5, 0.6) is 11.5 Å². The highest BCUT2D eigenvalue weighted by Gasteiger charge is 2.07. The predicted octanol–water partition coefficient (Wildman–Crippen LogP) is 5.11. The van der Waals surface area contributed by atoms with E-state index >= 15 is 0 Å². The molecule has 0 aliphatic rings. The second-order valence-electron chi connectivity index (χ2n) is 5.96. The fraction of sp³-hybridized carbons (Fsp3) is 0.333. The normalized spacial score (nSPS) is 11.6. The molecule has 0 bridgehead atoms. The van der Waals surface area contributed by atoms with Crippen molar-refractivity contribution in [2.24, 2.45) is 5.92 Å². The molecule has 0 fully saturated rings. The summed E-state index contributed by atoms with van der Waals surface area (Å²) in [6.45, 7) is 4.12. The van der Waals surface area contributed by atoms with Crippen molar-refractivity contribution in [3.8, 4) is 11.5 Å². The van der Waals surface area contributed by atoms with Gasteiger partial charge in [0, 0.05) is 7.11 Å². The van der Waals surface area contributed by atoms with Crippen molar-refractivity contribution in [3.05, 3.63) is 65.7 Å². The molecule has 0 saturated carbocycles. The second-order valence-corrected chi connectivity index (χ2v) is 5.96. The Balaban J connectivity index is 2.24. The van der Waals surface area contributed by atoms with Crippen molar-refractivity contribution >= 4 is 5.57 Å². The minimum atomic E-state index is -0.488. The summed E-state index contributed by atoms with van der Waals surface area (Å²) in [4.78, 5) is 0. The Hall–Kier alpha value is -2.33. The number of methoxy groups -OCH3 is 1. The molecule has 0 aliphatic carbocycles. The van der Waals surface area contributed by atoms with Gasteiger partial charge < -0.3 is 14.2 Å². The van der Waals surface area contributed by atoms with Gasteiger partial charge in [0.1, 0.15) is 24.8 Å². The molecule has 0 N–H and O–H groups in total. The van der Waals surface area contributed by atoms with E-state index in [1.54, 1.807) is 7.11 Å². The van der Waals surface area contributed by atoms with E-state index in [2.05, 4.69) is 19.9 Å². The molecule has 0 atom stereocenters. The third kappa shape index (κ3) is 5.91. The summed E-state index contributed by atoms with van der Waals surface area (Å²) in [7, 11) is 1.60. The van der Waals surface area contributed by atoms with Crippen molar-refractivity contribution in [1.29, 1.82) is 0 Å². The number of halogens is 1. The summed E-state index contributed by atoms with van der Waals surface area (Å²) in [5.74, 6) is 1.85. The third-order valence-corrected chi connectivity index (χ3v) is 3.52. The number of alkyl halides is 1. The van der Waals surface area contributed by atoms with Crippen LogP contribution in [-0.2, 0) is 4.74 Å². The van der Waals surface area contributed by atoms with Crippen molar-refractivity contribution in [2.75, 3.05) is 27.2 Å². The maximum absolute atomic E-state index is 12.2. The van der Waals surface area contributed by atoms with Gasteiger partial charge in [0.15, 0.2) is 6.79 Å². The summed E-state index contributed by atoms with van der Waals surface area (Å²) >= 11 is 0. The van der Waals surface area contributed by atoms with Crippen molar-refractivity contribution in [2.45, 2.75) is 13.8 Å². The molecule has 0 amide bonds. The van der Waals surface area contributed by atoms with E-state index in [0.717, 1.165) is 22.4 Å². The summed E-state index contributed by atoms with van der Waals surface area (Å²) in [5, 5.41) is 0. The predicted molar refractivity (Wildman–Crippen MR) is 98.8 cm³/mol. The van der Waals surface area contributed by atoms with E-state index in [-0.39, 0.29) is 13.4 Å². The van der Waals surface area contributed by atoms with Crippen LogP contribution >= 0.6 is 0 Å². The highest BCUT2D eigenvalue weighted by atomic mass is 19.1. The molecule has 2 aromatic carbocycles. The molecule has 0 heterocycles. The smallest absolute Gasteiger partial charge is 0.188 e. The Bertz CT molecular complexity index is 607. The zero-order valence-electron chi connectivity index (χ0n) is 15.0. The van der Waals surface area contributed by atoms with Gasteiger partial charge in [0.05, 0.1) is 0 Å². The van der Waals surface area contributed by atoms with Crippen LogP contribution in [0.4, 0.5) is 4.39 Å². The first kappa shape index (κ1) is 19.0. The quantitative estimate of drug-likeness (QED) is 0.592.